The van der Waals surface area contributed by atoms with E-state index >= 15 is 0 Å². The van der Waals surface area contributed by atoms with Crippen LogP contribution in [0.1, 0.15) is 31.9 Å². The summed E-state index contributed by atoms with van der Waals surface area (Å²) in [7, 11) is 2.18. The molecule has 0 bridgehead atoms. The Morgan fingerprint density at radius 2 is 2.11 bits per heavy atom. The molecule has 0 aromatic heterocycles. The first-order valence-electron chi connectivity index (χ1n) is 6.80. The van der Waals surface area contributed by atoms with Gasteiger partial charge in [0.2, 0.25) is 0 Å². The van der Waals surface area contributed by atoms with Gasteiger partial charge in [0.1, 0.15) is 5.75 Å². The number of phenolic OH excluding ortho intramolecular Hbond substituents is 1. The SMILES string of the molecule is CC(NC1CCN(C)CC1C)c1ccccc1O. The van der Waals surface area contributed by atoms with Crippen molar-refractivity contribution < 1.29 is 5.11 Å². The third-order valence-electron chi connectivity index (χ3n) is 3.98. The summed E-state index contributed by atoms with van der Waals surface area (Å²) < 4.78 is 0. The van der Waals surface area contributed by atoms with Crippen LogP contribution < -0.4 is 5.32 Å². The number of benzene rings is 1. The van der Waals surface area contributed by atoms with Crippen LogP contribution in [0.5, 0.6) is 5.75 Å². The third kappa shape index (κ3) is 3.03. The molecule has 3 unspecified atom stereocenters. The van der Waals surface area contributed by atoms with Gasteiger partial charge in [-0.05, 0) is 38.9 Å². The first-order valence-corrected chi connectivity index (χ1v) is 6.80. The number of para-hydroxylation sites is 1. The van der Waals surface area contributed by atoms with Crippen molar-refractivity contribution in [2.45, 2.75) is 32.4 Å². The van der Waals surface area contributed by atoms with Gasteiger partial charge in [0.25, 0.3) is 0 Å². The highest BCUT2D eigenvalue weighted by atomic mass is 16.3. The Morgan fingerprint density at radius 3 is 2.78 bits per heavy atom. The number of rotatable bonds is 3. The number of hydrogen-bond acceptors (Lipinski definition) is 3. The molecule has 0 amide bonds. The molecule has 1 aliphatic heterocycles. The van der Waals surface area contributed by atoms with Gasteiger partial charge in [-0.15, -0.1) is 0 Å². The number of hydrogen-bond donors (Lipinski definition) is 2. The molecule has 1 fully saturated rings. The van der Waals surface area contributed by atoms with Crippen molar-refractivity contribution in [1.29, 1.82) is 0 Å². The van der Waals surface area contributed by atoms with Gasteiger partial charge in [0, 0.05) is 24.2 Å². The first kappa shape index (κ1) is 13.4. The van der Waals surface area contributed by atoms with Gasteiger partial charge >= 0.3 is 0 Å². The second kappa shape index (κ2) is 5.72. The fraction of sp³-hybridized carbons (Fsp3) is 0.600. The lowest BCUT2D eigenvalue weighted by Crippen LogP contribution is -2.47. The van der Waals surface area contributed by atoms with Gasteiger partial charge in [0.05, 0.1) is 0 Å². The zero-order valence-electron chi connectivity index (χ0n) is 11.6. The molecular formula is C15H24N2O. The molecule has 0 radical (unpaired) electrons. The molecular weight excluding hydrogens is 224 g/mol. The Hall–Kier alpha value is -1.06. The predicted octanol–water partition coefficient (Wildman–Crippen LogP) is 2.38. The van der Waals surface area contributed by atoms with E-state index < -0.39 is 0 Å². The smallest absolute Gasteiger partial charge is 0.120 e. The lowest BCUT2D eigenvalue weighted by Gasteiger charge is -2.37. The minimum absolute atomic E-state index is 0.196. The van der Waals surface area contributed by atoms with Crippen LogP contribution in [0.2, 0.25) is 0 Å². The standard InChI is InChI=1S/C15H24N2O/c1-11-10-17(3)9-8-14(11)16-12(2)13-6-4-5-7-15(13)18/h4-7,11-12,14,16,18H,8-10H2,1-3H3. The molecule has 0 spiro atoms. The van der Waals surface area contributed by atoms with E-state index in [1.165, 1.54) is 6.42 Å². The van der Waals surface area contributed by atoms with E-state index in [0.717, 1.165) is 18.7 Å². The zero-order chi connectivity index (χ0) is 13.1. The molecule has 18 heavy (non-hydrogen) atoms. The average Bonchev–Trinajstić information content (AvgIpc) is 2.33. The molecule has 1 heterocycles. The highest BCUT2D eigenvalue weighted by Gasteiger charge is 2.25. The van der Waals surface area contributed by atoms with E-state index in [4.69, 9.17) is 0 Å². The summed E-state index contributed by atoms with van der Waals surface area (Å²) in [6, 6.07) is 8.32. The molecule has 2 N–H and O–H groups in total. The zero-order valence-corrected chi connectivity index (χ0v) is 11.6. The predicted molar refractivity (Wildman–Crippen MR) is 74.7 cm³/mol. The summed E-state index contributed by atoms with van der Waals surface area (Å²) in [6.45, 7) is 6.71. The molecule has 1 aromatic rings. The van der Waals surface area contributed by atoms with Crippen LogP contribution >= 0.6 is 0 Å². The van der Waals surface area contributed by atoms with Crippen LogP contribution in [0.25, 0.3) is 0 Å². The molecule has 3 nitrogen and oxygen atoms in total. The lowest BCUT2D eigenvalue weighted by atomic mass is 9.92. The van der Waals surface area contributed by atoms with Crippen LogP contribution in [0.15, 0.2) is 24.3 Å². The maximum absolute atomic E-state index is 9.87. The van der Waals surface area contributed by atoms with Crippen molar-refractivity contribution in [2.24, 2.45) is 5.92 Å². The first-order chi connectivity index (χ1) is 8.58. The quantitative estimate of drug-likeness (QED) is 0.862. The van der Waals surface area contributed by atoms with E-state index in [1.54, 1.807) is 6.07 Å². The van der Waals surface area contributed by atoms with E-state index in [2.05, 4.69) is 31.1 Å². The number of aromatic hydroxyl groups is 1. The van der Waals surface area contributed by atoms with Crippen LogP contribution in [0.4, 0.5) is 0 Å². The third-order valence-corrected chi connectivity index (χ3v) is 3.98. The molecule has 1 saturated heterocycles. The topological polar surface area (TPSA) is 35.5 Å². The van der Waals surface area contributed by atoms with Crippen molar-refractivity contribution in [2.75, 3.05) is 20.1 Å². The monoisotopic (exact) mass is 248 g/mol. The molecule has 100 valence electrons. The largest absolute Gasteiger partial charge is 0.508 e. The number of likely N-dealkylation sites (tertiary alicyclic amines) is 1. The second-order valence-electron chi connectivity index (χ2n) is 5.58. The Morgan fingerprint density at radius 1 is 1.39 bits per heavy atom. The Bertz CT molecular complexity index is 394. The van der Waals surface area contributed by atoms with E-state index in [1.807, 2.05) is 18.2 Å². The van der Waals surface area contributed by atoms with Crippen molar-refractivity contribution in [3.8, 4) is 5.75 Å². The van der Waals surface area contributed by atoms with Crippen molar-refractivity contribution >= 4 is 0 Å². The van der Waals surface area contributed by atoms with Gasteiger partial charge < -0.3 is 15.3 Å². The van der Waals surface area contributed by atoms with Crippen molar-refractivity contribution in [3.05, 3.63) is 29.8 Å². The van der Waals surface area contributed by atoms with E-state index in [9.17, 15) is 5.11 Å². The molecule has 1 aromatic carbocycles. The molecule has 0 aliphatic carbocycles. The lowest BCUT2D eigenvalue weighted by molar-refractivity contribution is 0.167. The highest BCUT2D eigenvalue weighted by Crippen LogP contribution is 2.25. The Labute approximate surface area is 110 Å². The number of nitrogens with one attached hydrogen (secondary N) is 1. The van der Waals surface area contributed by atoms with Crippen molar-refractivity contribution in [3.63, 3.8) is 0 Å². The summed E-state index contributed by atoms with van der Waals surface area (Å²) in [4.78, 5) is 2.38. The van der Waals surface area contributed by atoms with Crippen LogP contribution in [-0.2, 0) is 0 Å². The Kier molecular flexibility index (Phi) is 4.25. The van der Waals surface area contributed by atoms with E-state index in [0.29, 0.717) is 17.7 Å². The van der Waals surface area contributed by atoms with Gasteiger partial charge in [0.15, 0.2) is 0 Å². The molecule has 0 saturated carbocycles. The normalized spacial score (nSPS) is 27.1. The fourth-order valence-corrected chi connectivity index (χ4v) is 2.87. The average molecular weight is 248 g/mol. The summed E-state index contributed by atoms with van der Waals surface area (Å²) in [6.07, 6.45) is 1.18. The molecule has 2 rings (SSSR count). The molecule has 3 atom stereocenters. The number of piperidine rings is 1. The summed E-state index contributed by atoms with van der Waals surface area (Å²) in [5, 5.41) is 13.5. The summed E-state index contributed by atoms with van der Waals surface area (Å²) in [5.74, 6) is 1.04. The highest BCUT2D eigenvalue weighted by molar-refractivity contribution is 5.34. The second-order valence-corrected chi connectivity index (χ2v) is 5.58. The summed E-state index contributed by atoms with van der Waals surface area (Å²) in [5.41, 5.74) is 0.989. The summed E-state index contributed by atoms with van der Waals surface area (Å²) >= 11 is 0. The fourth-order valence-electron chi connectivity index (χ4n) is 2.87. The van der Waals surface area contributed by atoms with Crippen LogP contribution in [0, 0.1) is 5.92 Å². The Balaban J connectivity index is 1.99. The number of nitrogens with zero attached hydrogens (tertiary/aromatic N) is 1. The number of phenols is 1. The van der Waals surface area contributed by atoms with Gasteiger partial charge in [-0.25, -0.2) is 0 Å². The minimum Gasteiger partial charge on any atom is -0.508 e. The van der Waals surface area contributed by atoms with Gasteiger partial charge in [-0.3, -0.25) is 0 Å². The molecule has 3 heteroatoms. The molecule has 1 aliphatic rings. The maximum atomic E-state index is 9.87. The minimum atomic E-state index is 0.196. The van der Waals surface area contributed by atoms with Gasteiger partial charge in [-0.1, -0.05) is 25.1 Å². The van der Waals surface area contributed by atoms with Gasteiger partial charge in [-0.2, -0.15) is 0 Å². The van der Waals surface area contributed by atoms with Crippen LogP contribution in [0.3, 0.4) is 0 Å². The van der Waals surface area contributed by atoms with Crippen LogP contribution in [-0.4, -0.2) is 36.2 Å². The van der Waals surface area contributed by atoms with E-state index in [-0.39, 0.29) is 6.04 Å². The van der Waals surface area contributed by atoms with Crippen molar-refractivity contribution in [1.82, 2.24) is 10.2 Å². The maximum Gasteiger partial charge on any atom is 0.120 e.